The van der Waals surface area contributed by atoms with Gasteiger partial charge in [0.25, 0.3) is 16.0 Å². The monoisotopic (exact) mass is 252 g/mol. The lowest BCUT2D eigenvalue weighted by atomic mass is 10.5. The molecule has 2 rings (SSSR count). The summed E-state index contributed by atoms with van der Waals surface area (Å²) in [4.78, 5) is 7.25. The van der Waals surface area contributed by atoms with Crippen LogP contribution in [0.2, 0.25) is 0 Å². The molecule has 8 nitrogen and oxygen atoms in total. The molecule has 3 N–H and O–H groups in total. The van der Waals surface area contributed by atoms with E-state index in [0.29, 0.717) is 0 Å². The third-order valence-corrected chi connectivity index (χ3v) is 3.17. The molecule has 88 valence electrons. The number of nitrogens with two attached hydrogens (primary N) is 1. The number of aromatic nitrogens is 4. The van der Waals surface area contributed by atoms with E-state index < -0.39 is 10.0 Å². The summed E-state index contributed by atoms with van der Waals surface area (Å²) in [6.45, 7) is 0. The first-order valence-corrected chi connectivity index (χ1v) is 5.95. The van der Waals surface area contributed by atoms with Crippen molar-refractivity contribution in [1.29, 1.82) is 0 Å². The highest BCUT2D eigenvalue weighted by Gasteiger charge is 2.19. The molecule has 0 unspecified atom stereocenters. The standard InChI is InChI=1S/C8H8N6O2S/c9-7-6(2-1-3-10-7)17(15,16)14-8-11-4-5-12-13-8/h1-5H,(H2,9,10)(H,11,13,14). The highest BCUT2D eigenvalue weighted by atomic mass is 32.2. The molecule has 0 aliphatic carbocycles. The van der Waals surface area contributed by atoms with Crippen LogP contribution in [-0.2, 0) is 10.0 Å². The van der Waals surface area contributed by atoms with Crippen molar-refractivity contribution in [2.24, 2.45) is 0 Å². The maximum absolute atomic E-state index is 11.9. The topological polar surface area (TPSA) is 124 Å². The average molecular weight is 252 g/mol. The van der Waals surface area contributed by atoms with E-state index in [1.54, 1.807) is 0 Å². The number of nitrogens with zero attached hydrogens (tertiary/aromatic N) is 4. The smallest absolute Gasteiger partial charge is 0.267 e. The van der Waals surface area contributed by atoms with Gasteiger partial charge in [0.1, 0.15) is 10.7 Å². The Balaban J connectivity index is 2.36. The van der Waals surface area contributed by atoms with E-state index in [-0.39, 0.29) is 16.7 Å². The molecule has 0 aliphatic rings. The maximum atomic E-state index is 11.9. The van der Waals surface area contributed by atoms with Gasteiger partial charge in [0.2, 0.25) is 0 Å². The van der Waals surface area contributed by atoms with Gasteiger partial charge in [0.05, 0.1) is 12.4 Å². The summed E-state index contributed by atoms with van der Waals surface area (Å²) in [7, 11) is -3.85. The molecule has 0 aromatic carbocycles. The molecule has 17 heavy (non-hydrogen) atoms. The lowest BCUT2D eigenvalue weighted by Crippen LogP contribution is -2.17. The Kier molecular flexibility index (Phi) is 2.83. The highest BCUT2D eigenvalue weighted by molar-refractivity contribution is 7.92. The van der Waals surface area contributed by atoms with Crippen molar-refractivity contribution in [2.45, 2.75) is 4.90 Å². The number of pyridine rings is 1. The third kappa shape index (κ3) is 2.45. The molecule has 2 heterocycles. The van der Waals surface area contributed by atoms with Crippen LogP contribution in [0.1, 0.15) is 0 Å². The molecule has 0 atom stereocenters. The first kappa shape index (κ1) is 11.2. The van der Waals surface area contributed by atoms with Crippen molar-refractivity contribution in [3.05, 3.63) is 30.7 Å². The maximum Gasteiger partial charge on any atom is 0.267 e. The van der Waals surface area contributed by atoms with Crippen LogP contribution < -0.4 is 10.5 Å². The van der Waals surface area contributed by atoms with Gasteiger partial charge in [-0.2, -0.15) is 5.10 Å². The number of sulfonamides is 1. The first-order valence-electron chi connectivity index (χ1n) is 4.46. The van der Waals surface area contributed by atoms with Gasteiger partial charge in [-0.3, -0.25) is 0 Å². The van der Waals surface area contributed by atoms with Gasteiger partial charge < -0.3 is 5.73 Å². The van der Waals surface area contributed by atoms with E-state index >= 15 is 0 Å². The van der Waals surface area contributed by atoms with E-state index in [1.165, 1.54) is 30.7 Å². The quantitative estimate of drug-likeness (QED) is 0.764. The molecule has 0 fully saturated rings. The summed E-state index contributed by atoms with van der Waals surface area (Å²) in [6.07, 6.45) is 4.04. The van der Waals surface area contributed by atoms with Crippen LogP contribution in [0, 0.1) is 0 Å². The minimum atomic E-state index is -3.85. The molecule has 9 heteroatoms. The largest absolute Gasteiger partial charge is 0.383 e. The molecule has 0 aliphatic heterocycles. The van der Waals surface area contributed by atoms with Crippen molar-refractivity contribution in [2.75, 3.05) is 10.5 Å². The van der Waals surface area contributed by atoms with Crippen molar-refractivity contribution in [1.82, 2.24) is 20.2 Å². The fourth-order valence-corrected chi connectivity index (χ4v) is 2.13. The molecule has 0 saturated carbocycles. The lowest BCUT2D eigenvalue weighted by Gasteiger charge is -2.06. The number of nitrogen functional groups attached to an aromatic ring is 1. The van der Waals surface area contributed by atoms with Gasteiger partial charge in [0.15, 0.2) is 0 Å². The van der Waals surface area contributed by atoms with Crippen molar-refractivity contribution < 1.29 is 8.42 Å². The summed E-state index contributed by atoms with van der Waals surface area (Å²) >= 11 is 0. The van der Waals surface area contributed by atoms with Crippen LogP contribution in [0.3, 0.4) is 0 Å². The van der Waals surface area contributed by atoms with Crippen molar-refractivity contribution >= 4 is 21.8 Å². The Morgan fingerprint density at radius 2 is 2.00 bits per heavy atom. The van der Waals surface area contributed by atoms with Gasteiger partial charge in [-0.15, -0.1) is 5.10 Å². The molecule has 2 aromatic heterocycles. The highest BCUT2D eigenvalue weighted by Crippen LogP contribution is 2.16. The molecule has 0 saturated heterocycles. The molecule has 0 spiro atoms. The molecular weight excluding hydrogens is 244 g/mol. The van der Waals surface area contributed by atoms with E-state index in [1.807, 2.05) is 0 Å². The van der Waals surface area contributed by atoms with Crippen LogP contribution in [0.15, 0.2) is 35.6 Å². The average Bonchev–Trinajstić information content (AvgIpc) is 2.30. The van der Waals surface area contributed by atoms with Crippen LogP contribution >= 0.6 is 0 Å². The summed E-state index contributed by atoms with van der Waals surface area (Å²) in [6, 6.07) is 2.80. The molecule has 0 bridgehead atoms. The molecule has 0 radical (unpaired) electrons. The van der Waals surface area contributed by atoms with Crippen LogP contribution in [0.4, 0.5) is 11.8 Å². The Morgan fingerprint density at radius 3 is 2.65 bits per heavy atom. The summed E-state index contributed by atoms with van der Waals surface area (Å²) < 4.78 is 25.9. The minimum absolute atomic E-state index is 0.0936. The minimum Gasteiger partial charge on any atom is -0.383 e. The van der Waals surface area contributed by atoms with E-state index in [4.69, 9.17) is 5.73 Å². The third-order valence-electron chi connectivity index (χ3n) is 1.80. The predicted octanol–water partition coefficient (Wildman–Crippen LogP) is -0.350. The van der Waals surface area contributed by atoms with E-state index in [9.17, 15) is 8.42 Å². The van der Waals surface area contributed by atoms with Gasteiger partial charge in [0, 0.05) is 6.20 Å². The fraction of sp³-hybridized carbons (Fsp3) is 0. The molecular formula is C8H8N6O2S. The molecule has 0 amide bonds. The zero-order valence-electron chi connectivity index (χ0n) is 8.48. The number of hydrogen-bond acceptors (Lipinski definition) is 7. The van der Waals surface area contributed by atoms with Crippen LogP contribution in [-0.4, -0.2) is 28.6 Å². The first-order chi connectivity index (χ1) is 8.09. The normalized spacial score (nSPS) is 11.1. The molecule has 2 aromatic rings. The van der Waals surface area contributed by atoms with E-state index in [0.717, 1.165) is 0 Å². The van der Waals surface area contributed by atoms with Gasteiger partial charge in [-0.1, -0.05) is 0 Å². The number of anilines is 2. The SMILES string of the molecule is Nc1ncccc1S(=O)(=O)Nc1nccnn1. The van der Waals surface area contributed by atoms with Crippen molar-refractivity contribution in [3.63, 3.8) is 0 Å². The zero-order valence-corrected chi connectivity index (χ0v) is 9.29. The van der Waals surface area contributed by atoms with Crippen molar-refractivity contribution in [3.8, 4) is 0 Å². The number of rotatable bonds is 3. The van der Waals surface area contributed by atoms with Gasteiger partial charge >= 0.3 is 0 Å². The predicted molar refractivity (Wildman–Crippen MR) is 59.3 cm³/mol. The zero-order chi connectivity index (χ0) is 12.3. The Labute approximate surface area is 97.0 Å². The Hall–Kier alpha value is -2.29. The fourth-order valence-electron chi connectivity index (χ4n) is 1.10. The Bertz CT molecular complexity index is 615. The van der Waals surface area contributed by atoms with Gasteiger partial charge in [-0.05, 0) is 12.1 Å². The number of hydrogen-bond donors (Lipinski definition) is 2. The second-order valence-electron chi connectivity index (χ2n) is 2.96. The van der Waals surface area contributed by atoms with E-state index in [2.05, 4.69) is 24.9 Å². The summed E-state index contributed by atoms with van der Waals surface area (Å²) in [5.41, 5.74) is 5.47. The Morgan fingerprint density at radius 1 is 1.18 bits per heavy atom. The van der Waals surface area contributed by atoms with Crippen LogP contribution in [0.5, 0.6) is 0 Å². The van der Waals surface area contributed by atoms with Crippen LogP contribution in [0.25, 0.3) is 0 Å². The van der Waals surface area contributed by atoms with Gasteiger partial charge in [-0.25, -0.2) is 23.1 Å². The number of nitrogens with one attached hydrogen (secondary N) is 1. The lowest BCUT2D eigenvalue weighted by molar-refractivity contribution is 0.600. The summed E-state index contributed by atoms with van der Waals surface area (Å²) in [5, 5.41) is 7.01. The second-order valence-corrected chi connectivity index (χ2v) is 4.61. The summed E-state index contributed by atoms with van der Waals surface area (Å²) in [5.74, 6) is -0.223. The second kappa shape index (κ2) is 4.29.